The smallest absolute Gasteiger partial charge is 0.387 e. The molecule has 2 aromatic heterocycles. The number of hydrogen-bond donors (Lipinski definition) is 0. The third-order valence-electron chi connectivity index (χ3n) is 4.51. The molecule has 0 N–H and O–H groups in total. The van der Waals surface area contributed by atoms with E-state index in [1.807, 2.05) is 41.4 Å². The summed E-state index contributed by atoms with van der Waals surface area (Å²) in [5.41, 5.74) is 3.08. The lowest BCUT2D eigenvalue weighted by Gasteiger charge is -2.14. The second-order valence-corrected chi connectivity index (χ2v) is 6.73. The fourth-order valence-electron chi connectivity index (χ4n) is 2.90. The zero-order valence-electron chi connectivity index (χ0n) is 14.7. The monoisotopic (exact) mass is 370 g/mol. The zero-order chi connectivity index (χ0) is 18.6. The largest absolute Gasteiger partial charge is 0.489 e. The van der Waals surface area contributed by atoms with Crippen LogP contribution in [0.1, 0.15) is 18.4 Å². The molecule has 140 valence electrons. The second-order valence-electron chi connectivity index (χ2n) is 6.73. The minimum absolute atomic E-state index is 0.0814. The van der Waals surface area contributed by atoms with Crippen LogP contribution in [-0.4, -0.2) is 22.8 Å². The Bertz CT molecular complexity index is 892. The van der Waals surface area contributed by atoms with Crippen molar-refractivity contribution in [3.63, 3.8) is 0 Å². The minimum atomic E-state index is -2.87. The molecule has 4 nitrogen and oxygen atoms in total. The first-order valence-corrected chi connectivity index (χ1v) is 8.94. The molecule has 1 aliphatic rings. The fourth-order valence-corrected chi connectivity index (χ4v) is 2.90. The second kappa shape index (κ2) is 7.78. The lowest BCUT2D eigenvalue weighted by Crippen LogP contribution is -2.07. The van der Waals surface area contributed by atoms with Crippen molar-refractivity contribution in [3.05, 3.63) is 66.7 Å². The predicted molar refractivity (Wildman–Crippen MR) is 98.1 cm³/mol. The molecule has 6 heteroatoms. The highest BCUT2D eigenvalue weighted by Gasteiger charge is 2.23. The Morgan fingerprint density at radius 2 is 2.00 bits per heavy atom. The van der Waals surface area contributed by atoms with Crippen molar-refractivity contribution in [3.8, 4) is 22.6 Å². The molecule has 4 rings (SSSR count). The summed E-state index contributed by atoms with van der Waals surface area (Å²) in [5, 5.41) is 0. The van der Waals surface area contributed by atoms with Gasteiger partial charge in [0.1, 0.15) is 0 Å². The van der Waals surface area contributed by atoms with Crippen molar-refractivity contribution in [1.82, 2.24) is 9.55 Å². The number of alkyl halides is 2. The van der Waals surface area contributed by atoms with Gasteiger partial charge in [-0.2, -0.15) is 8.78 Å². The first-order valence-electron chi connectivity index (χ1n) is 8.94. The Hall–Kier alpha value is -2.89. The van der Waals surface area contributed by atoms with E-state index in [1.54, 1.807) is 24.4 Å². The van der Waals surface area contributed by atoms with Crippen LogP contribution in [-0.2, 0) is 6.54 Å². The first kappa shape index (κ1) is 17.5. The molecule has 1 aromatic carbocycles. The van der Waals surface area contributed by atoms with Gasteiger partial charge in [0.25, 0.3) is 0 Å². The standard InChI is InChI=1S/C21H20F2N2O2/c22-21(23)27-19-6-5-16(10-20(19)26-14-15-3-4-15)12-25-9-7-18(13-25)17-2-1-8-24-11-17/h1-2,5-11,13,15,21H,3-4,12,14H2. The van der Waals surface area contributed by atoms with Gasteiger partial charge in [-0.05, 0) is 48.6 Å². The van der Waals surface area contributed by atoms with Crippen LogP contribution in [0.2, 0.25) is 0 Å². The molecule has 1 aliphatic carbocycles. The normalized spacial score (nSPS) is 13.7. The fraction of sp³-hybridized carbons (Fsp3) is 0.286. The summed E-state index contributed by atoms with van der Waals surface area (Å²) >= 11 is 0. The van der Waals surface area contributed by atoms with Gasteiger partial charge in [-0.25, -0.2) is 0 Å². The lowest BCUT2D eigenvalue weighted by atomic mass is 10.1. The lowest BCUT2D eigenvalue weighted by molar-refractivity contribution is -0.0515. The summed E-state index contributed by atoms with van der Waals surface area (Å²) < 4.78 is 37.6. The van der Waals surface area contributed by atoms with Crippen molar-refractivity contribution in [2.75, 3.05) is 6.61 Å². The van der Waals surface area contributed by atoms with Crippen molar-refractivity contribution >= 4 is 0 Å². The van der Waals surface area contributed by atoms with Crippen LogP contribution in [0.3, 0.4) is 0 Å². The van der Waals surface area contributed by atoms with Crippen LogP contribution in [0.25, 0.3) is 11.1 Å². The molecule has 2 heterocycles. The maximum Gasteiger partial charge on any atom is 0.387 e. The summed E-state index contributed by atoms with van der Waals surface area (Å²) in [6.45, 7) is -1.72. The van der Waals surface area contributed by atoms with Crippen LogP contribution < -0.4 is 9.47 Å². The van der Waals surface area contributed by atoms with Crippen LogP contribution >= 0.6 is 0 Å². The van der Waals surface area contributed by atoms with E-state index in [0.29, 0.717) is 24.8 Å². The Morgan fingerprint density at radius 1 is 1.11 bits per heavy atom. The summed E-state index contributed by atoms with van der Waals surface area (Å²) in [6, 6.07) is 11.0. The number of benzene rings is 1. The molecule has 0 bridgehead atoms. The van der Waals surface area contributed by atoms with Gasteiger partial charge >= 0.3 is 6.61 Å². The number of nitrogens with zero attached hydrogens (tertiary/aromatic N) is 2. The maximum absolute atomic E-state index is 12.6. The van der Waals surface area contributed by atoms with E-state index in [9.17, 15) is 8.78 Å². The van der Waals surface area contributed by atoms with E-state index >= 15 is 0 Å². The Kier molecular flexibility index (Phi) is 5.05. The molecule has 1 fully saturated rings. The van der Waals surface area contributed by atoms with Crippen molar-refractivity contribution < 1.29 is 18.3 Å². The van der Waals surface area contributed by atoms with Gasteiger partial charge in [-0.1, -0.05) is 12.1 Å². The van der Waals surface area contributed by atoms with E-state index in [2.05, 4.69) is 9.72 Å². The molecule has 3 aromatic rings. The summed E-state index contributed by atoms with van der Waals surface area (Å²) in [5.74, 6) is 0.983. The van der Waals surface area contributed by atoms with Gasteiger partial charge < -0.3 is 14.0 Å². The van der Waals surface area contributed by atoms with E-state index in [1.165, 1.54) is 0 Å². The number of halogens is 2. The minimum Gasteiger partial charge on any atom is -0.489 e. The molecule has 0 saturated heterocycles. The van der Waals surface area contributed by atoms with Crippen molar-refractivity contribution in [2.45, 2.75) is 26.0 Å². The van der Waals surface area contributed by atoms with E-state index in [4.69, 9.17) is 4.74 Å². The van der Waals surface area contributed by atoms with Gasteiger partial charge in [0.2, 0.25) is 0 Å². The highest BCUT2D eigenvalue weighted by atomic mass is 19.3. The van der Waals surface area contributed by atoms with E-state index < -0.39 is 6.61 Å². The average Bonchev–Trinajstić information content (AvgIpc) is 3.39. The highest BCUT2D eigenvalue weighted by molar-refractivity contribution is 5.61. The van der Waals surface area contributed by atoms with Gasteiger partial charge in [-0.15, -0.1) is 0 Å². The number of pyridine rings is 1. The molecule has 0 aliphatic heterocycles. The number of rotatable bonds is 8. The third kappa shape index (κ3) is 4.64. The molecule has 0 atom stereocenters. The molecule has 0 spiro atoms. The van der Waals surface area contributed by atoms with Gasteiger partial charge in [0, 0.05) is 42.5 Å². The van der Waals surface area contributed by atoms with Crippen LogP contribution in [0.4, 0.5) is 8.78 Å². The Balaban J connectivity index is 1.51. The molecule has 27 heavy (non-hydrogen) atoms. The van der Waals surface area contributed by atoms with E-state index in [0.717, 1.165) is 29.5 Å². The average molecular weight is 370 g/mol. The van der Waals surface area contributed by atoms with Gasteiger partial charge in [-0.3, -0.25) is 4.98 Å². The highest BCUT2D eigenvalue weighted by Crippen LogP contribution is 2.34. The third-order valence-corrected chi connectivity index (χ3v) is 4.51. The molecular weight excluding hydrogens is 350 g/mol. The summed E-state index contributed by atoms with van der Waals surface area (Å²) in [4.78, 5) is 4.14. The molecular formula is C21H20F2N2O2. The topological polar surface area (TPSA) is 36.3 Å². The zero-order valence-corrected chi connectivity index (χ0v) is 14.7. The maximum atomic E-state index is 12.6. The summed E-state index contributed by atoms with van der Waals surface area (Å²) in [7, 11) is 0. The number of aromatic nitrogens is 2. The van der Waals surface area contributed by atoms with Crippen LogP contribution in [0, 0.1) is 5.92 Å². The summed E-state index contributed by atoms with van der Waals surface area (Å²) in [6.07, 6.45) is 9.84. The molecule has 1 saturated carbocycles. The van der Waals surface area contributed by atoms with Crippen LogP contribution in [0.5, 0.6) is 11.5 Å². The molecule has 0 unspecified atom stereocenters. The van der Waals surface area contributed by atoms with E-state index in [-0.39, 0.29) is 5.75 Å². The first-order chi connectivity index (χ1) is 13.2. The number of hydrogen-bond acceptors (Lipinski definition) is 3. The number of ether oxygens (including phenoxy) is 2. The molecule has 0 radical (unpaired) electrons. The van der Waals surface area contributed by atoms with Gasteiger partial charge in [0.05, 0.1) is 6.61 Å². The SMILES string of the molecule is FC(F)Oc1ccc(Cn2ccc(-c3cccnc3)c2)cc1OCC1CC1. The predicted octanol–water partition coefficient (Wildman–Crippen LogP) is 4.99. The van der Waals surface area contributed by atoms with Crippen LogP contribution in [0.15, 0.2) is 61.2 Å². The van der Waals surface area contributed by atoms with Gasteiger partial charge in [0.15, 0.2) is 11.5 Å². The van der Waals surface area contributed by atoms with Crippen molar-refractivity contribution in [1.29, 1.82) is 0 Å². The Labute approximate surface area is 156 Å². The molecule has 0 amide bonds. The Morgan fingerprint density at radius 3 is 2.74 bits per heavy atom. The quantitative estimate of drug-likeness (QED) is 0.561. The van der Waals surface area contributed by atoms with Crippen molar-refractivity contribution in [2.24, 2.45) is 5.92 Å².